The Bertz CT molecular complexity index is 820. The number of hydrogen-bond donors (Lipinski definition) is 0. The van der Waals surface area contributed by atoms with Crippen molar-refractivity contribution in [1.29, 1.82) is 0 Å². The summed E-state index contributed by atoms with van der Waals surface area (Å²) in [6.45, 7) is 8.13. The molecule has 0 amide bonds. The number of halogens is 1. The van der Waals surface area contributed by atoms with E-state index >= 15 is 0 Å². The Hall–Kier alpha value is -1.94. The van der Waals surface area contributed by atoms with E-state index in [0.29, 0.717) is 10.8 Å². The molecule has 102 valence electrons. The Morgan fingerprint density at radius 2 is 1.80 bits per heavy atom. The first-order valence-electron chi connectivity index (χ1n) is 6.45. The maximum absolute atomic E-state index is 6.17. The van der Waals surface area contributed by atoms with Gasteiger partial charge in [-0.05, 0) is 38.8 Å². The zero-order valence-electron chi connectivity index (χ0n) is 11.9. The van der Waals surface area contributed by atoms with Crippen molar-refractivity contribution in [3.05, 3.63) is 45.9 Å². The maximum Gasteiger partial charge on any atom is 0.199 e. The third-order valence-electron chi connectivity index (χ3n) is 3.82. The van der Waals surface area contributed by atoms with E-state index in [0.717, 1.165) is 22.8 Å². The molecular weight excluding hydrogens is 272 g/mol. The van der Waals surface area contributed by atoms with Crippen LogP contribution < -0.4 is 0 Å². The predicted molar refractivity (Wildman–Crippen MR) is 80.2 cm³/mol. The molecule has 0 atom stereocenters. The highest BCUT2D eigenvalue weighted by molar-refractivity contribution is 6.32. The third kappa shape index (κ3) is 1.79. The smallest absolute Gasteiger partial charge is 0.199 e. The molecule has 3 rings (SSSR count). The van der Waals surface area contributed by atoms with Gasteiger partial charge in [0.15, 0.2) is 16.6 Å². The SMILES string of the molecule is Cc1cccc(-c2nnc3c(Cl)nc(C)c(C)n23)c1C. The minimum Gasteiger partial charge on any atom is -0.275 e. The van der Waals surface area contributed by atoms with Crippen molar-refractivity contribution in [3.8, 4) is 11.4 Å². The van der Waals surface area contributed by atoms with Gasteiger partial charge in [0.05, 0.1) is 5.69 Å². The molecular formula is C15H15ClN4. The number of rotatable bonds is 1. The average Bonchev–Trinajstić information content (AvgIpc) is 2.84. The Morgan fingerprint density at radius 3 is 2.55 bits per heavy atom. The summed E-state index contributed by atoms with van der Waals surface area (Å²) in [5.74, 6) is 0.811. The van der Waals surface area contributed by atoms with Gasteiger partial charge in [0.2, 0.25) is 0 Å². The van der Waals surface area contributed by atoms with Crippen molar-refractivity contribution in [2.24, 2.45) is 0 Å². The fraction of sp³-hybridized carbons (Fsp3) is 0.267. The van der Waals surface area contributed by atoms with E-state index in [1.807, 2.05) is 24.3 Å². The van der Waals surface area contributed by atoms with Crippen molar-refractivity contribution in [3.63, 3.8) is 0 Å². The van der Waals surface area contributed by atoms with E-state index in [4.69, 9.17) is 11.6 Å². The Morgan fingerprint density at radius 1 is 1.05 bits per heavy atom. The largest absolute Gasteiger partial charge is 0.275 e. The lowest BCUT2D eigenvalue weighted by Crippen LogP contribution is -2.01. The van der Waals surface area contributed by atoms with Crippen LogP contribution in [-0.4, -0.2) is 19.6 Å². The molecule has 0 saturated heterocycles. The zero-order valence-corrected chi connectivity index (χ0v) is 12.7. The van der Waals surface area contributed by atoms with Crippen LogP contribution in [0.3, 0.4) is 0 Å². The molecule has 0 aliphatic heterocycles. The molecule has 5 heteroatoms. The molecule has 0 radical (unpaired) electrons. The van der Waals surface area contributed by atoms with E-state index in [9.17, 15) is 0 Å². The molecule has 2 heterocycles. The third-order valence-corrected chi connectivity index (χ3v) is 4.07. The number of benzene rings is 1. The van der Waals surface area contributed by atoms with Gasteiger partial charge in [0, 0.05) is 11.3 Å². The average molecular weight is 287 g/mol. The van der Waals surface area contributed by atoms with Gasteiger partial charge >= 0.3 is 0 Å². The molecule has 0 spiro atoms. The molecule has 4 nitrogen and oxygen atoms in total. The lowest BCUT2D eigenvalue weighted by molar-refractivity contribution is 0.998. The summed E-state index contributed by atoms with van der Waals surface area (Å²) < 4.78 is 1.98. The number of fused-ring (bicyclic) bond motifs is 1. The molecule has 2 aromatic heterocycles. The first kappa shape index (κ1) is 13.1. The monoisotopic (exact) mass is 286 g/mol. The van der Waals surface area contributed by atoms with Crippen molar-refractivity contribution >= 4 is 17.2 Å². The number of nitrogens with zero attached hydrogens (tertiary/aromatic N) is 4. The summed E-state index contributed by atoms with van der Waals surface area (Å²) in [6.07, 6.45) is 0. The number of aryl methyl sites for hydroxylation is 3. The second kappa shape index (κ2) is 4.56. The second-order valence-corrected chi connectivity index (χ2v) is 5.36. The van der Waals surface area contributed by atoms with Crippen molar-refractivity contribution in [1.82, 2.24) is 19.6 Å². The van der Waals surface area contributed by atoms with Crippen LogP contribution in [0.1, 0.15) is 22.5 Å². The molecule has 0 N–H and O–H groups in total. The van der Waals surface area contributed by atoms with Crippen LogP contribution in [0.25, 0.3) is 17.0 Å². The summed E-state index contributed by atoms with van der Waals surface area (Å²) in [5, 5.41) is 8.89. The zero-order chi connectivity index (χ0) is 14.4. The van der Waals surface area contributed by atoms with Gasteiger partial charge in [-0.25, -0.2) is 4.98 Å². The molecule has 0 unspecified atom stereocenters. The van der Waals surface area contributed by atoms with Crippen LogP contribution in [-0.2, 0) is 0 Å². The van der Waals surface area contributed by atoms with Gasteiger partial charge in [0.25, 0.3) is 0 Å². The minimum atomic E-state index is 0.386. The van der Waals surface area contributed by atoms with Gasteiger partial charge in [-0.3, -0.25) is 4.40 Å². The van der Waals surface area contributed by atoms with Crippen molar-refractivity contribution in [2.45, 2.75) is 27.7 Å². The molecule has 0 bridgehead atoms. The van der Waals surface area contributed by atoms with Crippen molar-refractivity contribution in [2.75, 3.05) is 0 Å². The lowest BCUT2D eigenvalue weighted by atomic mass is 10.0. The molecule has 0 aliphatic rings. The highest BCUT2D eigenvalue weighted by atomic mass is 35.5. The first-order valence-corrected chi connectivity index (χ1v) is 6.83. The second-order valence-electron chi connectivity index (χ2n) is 5.00. The van der Waals surface area contributed by atoms with Crippen LogP contribution in [0.15, 0.2) is 18.2 Å². The highest BCUT2D eigenvalue weighted by Crippen LogP contribution is 2.27. The summed E-state index contributed by atoms with van der Waals surface area (Å²) in [7, 11) is 0. The standard InChI is InChI=1S/C15H15ClN4/c1-8-6-5-7-12(9(8)2)14-18-19-15-13(16)17-10(3)11(4)20(14)15/h5-7H,1-4H3. The minimum absolute atomic E-state index is 0.386. The van der Waals surface area contributed by atoms with Crippen molar-refractivity contribution < 1.29 is 0 Å². The van der Waals surface area contributed by atoms with Crippen LogP contribution in [0.5, 0.6) is 0 Å². The number of aromatic nitrogens is 4. The summed E-state index contributed by atoms with van der Waals surface area (Å²) >= 11 is 6.17. The van der Waals surface area contributed by atoms with Gasteiger partial charge in [-0.15, -0.1) is 10.2 Å². The fourth-order valence-corrected chi connectivity index (χ4v) is 2.59. The maximum atomic E-state index is 6.17. The molecule has 1 aromatic carbocycles. The topological polar surface area (TPSA) is 43.1 Å². The van der Waals surface area contributed by atoms with Crippen LogP contribution in [0.4, 0.5) is 0 Å². The lowest BCUT2D eigenvalue weighted by Gasteiger charge is -2.10. The van der Waals surface area contributed by atoms with E-state index < -0.39 is 0 Å². The number of hydrogen-bond acceptors (Lipinski definition) is 3. The van der Waals surface area contributed by atoms with Crippen LogP contribution >= 0.6 is 11.6 Å². The predicted octanol–water partition coefficient (Wildman–Crippen LogP) is 3.68. The van der Waals surface area contributed by atoms with E-state index in [1.54, 1.807) is 0 Å². The fourth-order valence-electron chi connectivity index (χ4n) is 2.34. The summed E-state index contributed by atoms with van der Waals surface area (Å²) in [6, 6.07) is 6.18. The van der Waals surface area contributed by atoms with Crippen LogP contribution in [0.2, 0.25) is 5.15 Å². The van der Waals surface area contributed by atoms with Gasteiger partial charge in [-0.2, -0.15) is 0 Å². The van der Waals surface area contributed by atoms with Gasteiger partial charge < -0.3 is 0 Å². The molecule has 0 saturated carbocycles. The van der Waals surface area contributed by atoms with Gasteiger partial charge in [-0.1, -0.05) is 29.8 Å². The Labute approximate surface area is 122 Å². The summed E-state index contributed by atoms with van der Waals surface area (Å²) in [4.78, 5) is 4.29. The Kier molecular flexibility index (Phi) is 2.98. The van der Waals surface area contributed by atoms with E-state index in [1.165, 1.54) is 11.1 Å². The molecule has 3 aromatic rings. The molecule has 0 aliphatic carbocycles. The Balaban J connectivity index is 2.41. The van der Waals surface area contributed by atoms with E-state index in [2.05, 4.69) is 41.2 Å². The molecule has 20 heavy (non-hydrogen) atoms. The normalized spacial score (nSPS) is 11.2. The van der Waals surface area contributed by atoms with E-state index in [-0.39, 0.29) is 0 Å². The first-order chi connectivity index (χ1) is 9.50. The molecule has 0 fully saturated rings. The van der Waals surface area contributed by atoms with Gasteiger partial charge in [0.1, 0.15) is 0 Å². The highest BCUT2D eigenvalue weighted by Gasteiger charge is 2.17. The summed E-state index contributed by atoms with van der Waals surface area (Å²) in [5.41, 5.74) is 5.99. The van der Waals surface area contributed by atoms with Crippen LogP contribution in [0, 0.1) is 27.7 Å². The quantitative estimate of drug-likeness (QED) is 0.685.